The van der Waals surface area contributed by atoms with E-state index in [0.29, 0.717) is 39.6 Å². The molecular weight excluding hydrogens is 558 g/mol. The molecule has 1 amide bonds. The average Bonchev–Trinajstić information content (AvgIpc) is 3.62. The first-order chi connectivity index (χ1) is 20.0. The van der Waals surface area contributed by atoms with Crippen LogP contribution < -0.4 is 30.6 Å². The lowest BCUT2D eigenvalue weighted by atomic mass is 10.1. The highest BCUT2D eigenvalue weighted by atomic mass is 32.1. The Balaban J connectivity index is 1.31. The van der Waals surface area contributed by atoms with Gasteiger partial charge >= 0.3 is 0 Å². The molecule has 0 radical (unpaired) electrons. The first-order valence-electron chi connectivity index (χ1n) is 12.4. The number of nitrogens with zero attached hydrogens (tertiary/aromatic N) is 2. The highest BCUT2D eigenvalue weighted by Crippen LogP contribution is 2.43. The minimum atomic E-state index is -0.213. The fraction of sp³-hybridized carbons (Fsp3) is 0.100. The summed E-state index contributed by atoms with van der Waals surface area (Å²) in [5.74, 6) is 1.71. The number of rotatable bonds is 10. The molecule has 4 N–H and O–H groups in total. The van der Waals surface area contributed by atoms with Gasteiger partial charge in [0, 0.05) is 40.5 Å². The number of aromatic nitrogens is 2. The van der Waals surface area contributed by atoms with E-state index in [1.807, 2.05) is 60.0 Å². The lowest BCUT2D eigenvalue weighted by molar-refractivity contribution is -0.111. The first kappa shape index (κ1) is 27.7. The van der Waals surface area contributed by atoms with Crippen LogP contribution in [0.5, 0.6) is 17.2 Å². The molecule has 0 unspecified atom stereocenters. The van der Waals surface area contributed by atoms with Crippen molar-refractivity contribution in [1.82, 2.24) is 9.97 Å². The molecule has 0 fully saturated rings. The maximum atomic E-state index is 12.4. The van der Waals surface area contributed by atoms with Gasteiger partial charge in [-0.25, -0.2) is 9.97 Å². The zero-order chi connectivity index (χ0) is 28.8. The zero-order valence-electron chi connectivity index (χ0n) is 22.5. The normalized spacial score (nSPS) is 10.9. The number of thiazole rings is 2. The Morgan fingerprint density at radius 3 is 2.37 bits per heavy atom. The second-order valence-electron chi connectivity index (χ2n) is 8.62. The molecule has 9 nitrogen and oxygen atoms in total. The maximum absolute atomic E-state index is 12.4. The number of benzene rings is 3. The van der Waals surface area contributed by atoms with Crippen molar-refractivity contribution in [2.24, 2.45) is 0 Å². The van der Waals surface area contributed by atoms with Crippen LogP contribution in [0.25, 0.3) is 27.2 Å². The highest BCUT2D eigenvalue weighted by molar-refractivity contribution is 7.23. The van der Waals surface area contributed by atoms with Crippen molar-refractivity contribution in [3.05, 3.63) is 83.7 Å². The van der Waals surface area contributed by atoms with E-state index in [-0.39, 0.29) is 5.91 Å². The van der Waals surface area contributed by atoms with Gasteiger partial charge in [0.15, 0.2) is 16.6 Å². The van der Waals surface area contributed by atoms with Gasteiger partial charge in [-0.1, -0.05) is 53.8 Å². The molecule has 0 aliphatic rings. The first-order valence-corrected chi connectivity index (χ1v) is 14.1. The average molecular weight is 586 g/mol. The van der Waals surface area contributed by atoms with E-state index in [1.54, 1.807) is 39.5 Å². The van der Waals surface area contributed by atoms with Crippen LogP contribution >= 0.6 is 22.7 Å². The van der Waals surface area contributed by atoms with Crippen molar-refractivity contribution >= 4 is 57.0 Å². The van der Waals surface area contributed by atoms with Gasteiger partial charge in [-0.2, -0.15) is 0 Å². The Morgan fingerprint density at radius 2 is 1.66 bits per heavy atom. The van der Waals surface area contributed by atoms with Crippen molar-refractivity contribution < 1.29 is 19.0 Å². The number of ether oxygens (including phenoxy) is 3. The molecule has 2 aromatic heterocycles. The number of amides is 1. The van der Waals surface area contributed by atoms with Crippen molar-refractivity contribution in [3.63, 3.8) is 0 Å². The molecule has 0 saturated carbocycles. The second kappa shape index (κ2) is 12.5. The zero-order valence-corrected chi connectivity index (χ0v) is 24.1. The third kappa shape index (κ3) is 6.48. The standard InChI is InChI=1S/C30H27N5O4S2/c1-37-23-15-21(16-24(38-2)26(23)39-3)33-30-35-28(31)27(41-30)29-34-22(17-40-29)19-10-7-11-20(14-19)32-25(36)13-12-18-8-5-4-6-9-18/h4-17H,31H2,1-3H3,(H,32,36)(H,33,35). The molecule has 0 aliphatic carbocycles. The summed E-state index contributed by atoms with van der Waals surface area (Å²) in [6, 6.07) is 20.8. The molecule has 208 valence electrons. The Morgan fingerprint density at radius 1 is 0.902 bits per heavy atom. The van der Waals surface area contributed by atoms with Gasteiger partial charge in [0.1, 0.15) is 15.7 Å². The van der Waals surface area contributed by atoms with Crippen molar-refractivity contribution in [2.45, 2.75) is 0 Å². The van der Waals surface area contributed by atoms with Crippen LogP contribution in [0.4, 0.5) is 22.3 Å². The van der Waals surface area contributed by atoms with Crippen molar-refractivity contribution in [2.75, 3.05) is 37.7 Å². The van der Waals surface area contributed by atoms with Crippen LogP contribution in [-0.4, -0.2) is 37.2 Å². The maximum Gasteiger partial charge on any atom is 0.248 e. The number of hydrogen-bond donors (Lipinski definition) is 3. The molecule has 3 aromatic carbocycles. The summed E-state index contributed by atoms with van der Waals surface area (Å²) in [7, 11) is 4.68. The van der Waals surface area contributed by atoms with Crippen molar-refractivity contribution in [1.29, 1.82) is 0 Å². The van der Waals surface area contributed by atoms with E-state index in [0.717, 1.165) is 26.7 Å². The molecular formula is C30H27N5O4S2. The Labute approximate surface area is 245 Å². The minimum Gasteiger partial charge on any atom is -0.493 e. The number of methoxy groups -OCH3 is 3. The molecule has 5 aromatic rings. The number of nitrogens with one attached hydrogen (secondary N) is 2. The number of carbonyl (C=O) groups excluding carboxylic acids is 1. The predicted octanol–water partition coefficient (Wildman–Crippen LogP) is 6.94. The summed E-state index contributed by atoms with van der Waals surface area (Å²) in [6.07, 6.45) is 3.29. The van der Waals surface area contributed by atoms with Crippen LogP contribution in [-0.2, 0) is 4.79 Å². The van der Waals surface area contributed by atoms with Crippen molar-refractivity contribution in [3.8, 4) is 38.4 Å². The van der Waals surface area contributed by atoms with E-state index in [2.05, 4.69) is 15.6 Å². The fourth-order valence-electron chi connectivity index (χ4n) is 4.00. The van der Waals surface area contributed by atoms with Crippen LogP contribution in [0.1, 0.15) is 5.56 Å². The quantitative estimate of drug-likeness (QED) is 0.151. The summed E-state index contributed by atoms with van der Waals surface area (Å²) in [4.78, 5) is 22.5. The van der Waals surface area contributed by atoms with Gasteiger partial charge in [0.25, 0.3) is 0 Å². The molecule has 5 rings (SSSR count). The highest BCUT2D eigenvalue weighted by Gasteiger charge is 2.18. The minimum absolute atomic E-state index is 0.213. The van der Waals surface area contributed by atoms with Crippen LogP contribution in [0.3, 0.4) is 0 Å². The van der Waals surface area contributed by atoms with Gasteiger partial charge in [-0.05, 0) is 23.8 Å². The summed E-state index contributed by atoms with van der Waals surface area (Å²) in [5, 5.41) is 9.46. The van der Waals surface area contributed by atoms with Gasteiger partial charge < -0.3 is 30.6 Å². The second-order valence-corrected chi connectivity index (χ2v) is 10.5. The molecule has 11 heteroatoms. The summed E-state index contributed by atoms with van der Waals surface area (Å²) >= 11 is 2.86. The molecule has 0 aliphatic heterocycles. The van der Waals surface area contributed by atoms with Gasteiger partial charge in [-0.3, -0.25) is 4.79 Å². The fourth-order valence-corrected chi connectivity index (χ4v) is 5.84. The molecule has 0 spiro atoms. The molecule has 0 bridgehead atoms. The van der Waals surface area contributed by atoms with E-state index in [4.69, 9.17) is 24.9 Å². The topological polar surface area (TPSA) is 121 Å². The number of nitrogen functional groups attached to an aromatic ring is 1. The van der Waals surface area contributed by atoms with Crippen LogP contribution in [0.2, 0.25) is 0 Å². The van der Waals surface area contributed by atoms with Gasteiger partial charge in [-0.15, -0.1) is 11.3 Å². The molecule has 0 atom stereocenters. The van der Waals surface area contributed by atoms with E-state index in [9.17, 15) is 4.79 Å². The van der Waals surface area contributed by atoms with Crippen LogP contribution in [0, 0.1) is 0 Å². The smallest absolute Gasteiger partial charge is 0.248 e. The van der Waals surface area contributed by atoms with E-state index in [1.165, 1.54) is 28.7 Å². The lowest BCUT2D eigenvalue weighted by Crippen LogP contribution is -2.07. The number of anilines is 4. The Bertz CT molecular complexity index is 1670. The third-order valence-corrected chi connectivity index (χ3v) is 7.90. The summed E-state index contributed by atoms with van der Waals surface area (Å²) in [6.45, 7) is 0. The Hall–Kier alpha value is -4.87. The number of nitrogens with two attached hydrogens (primary N) is 1. The molecule has 41 heavy (non-hydrogen) atoms. The van der Waals surface area contributed by atoms with Crippen LogP contribution in [0.15, 0.2) is 78.2 Å². The SMILES string of the molecule is COc1cc(Nc2nc(N)c(-c3nc(-c4cccc(NC(=O)C=Cc5ccccc5)c4)cs3)s2)cc(OC)c1OC. The lowest BCUT2D eigenvalue weighted by Gasteiger charge is -2.14. The van der Waals surface area contributed by atoms with E-state index >= 15 is 0 Å². The monoisotopic (exact) mass is 585 g/mol. The Kier molecular flexibility index (Phi) is 8.47. The third-order valence-electron chi connectivity index (χ3n) is 5.92. The predicted molar refractivity (Wildman–Crippen MR) is 167 cm³/mol. The van der Waals surface area contributed by atoms with Gasteiger partial charge in [0.05, 0.1) is 27.0 Å². The number of carbonyl (C=O) groups is 1. The summed E-state index contributed by atoms with van der Waals surface area (Å²) < 4.78 is 16.3. The largest absolute Gasteiger partial charge is 0.493 e. The molecule has 0 saturated heterocycles. The number of hydrogen-bond acceptors (Lipinski definition) is 10. The van der Waals surface area contributed by atoms with E-state index < -0.39 is 0 Å². The van der Waals surface area contributed by atoms with Gasteiger partial charge in [0.2, 0.25) is 11.7 Å². The summed E-state index contributed by atoms with van der Waals surface area (Å²) in [5.41, 5.74) is 10.3. The molecule has 2 heterocycles.